The van der Waals surface area contributed by atoms with Gasteiger partial charge in [-0.05, 0) is 42.4 Å². The summed E-state index contributed by atoms with van der Waals surface area (Å²) in [7, 11) is -1.29. The van der Waals surface area contributed by atoms with Crippen LogP contribution in [0.1, 0.15) is 66.9 Å². The normalized spacial score (nSPS) is 17.2. The van der Waals surface area contributed by atoms with Crippen LogP contribution in [-0.4, -0.2) is 15.9 Å². The molecule has 3 rings (SSSR count). The van der Waals surface area contributed by atoms with E-state index >= 15 is 0 Å². The van der Waals surface area contributed by atoms with Crippen molar-refractivity contribution in [3.05, 3.63) is 71.3 Å². The van der Waals surface area contributed by atoms with Crippen molar-refractivity contribution in [3.63, 3.8) is 0 Å². The molecule has 27 heavy (non-hydrogen) atoms. The number of esters is 1. The molecule has 0 bridgehead atoms. The first-order valence-corrected chi connectivity index (χ1v) is 11.2. The third-order valence-electron chi connectivity index (χ3n) is 5.38. The fourth-order valence-electron chi connectivity index (χ4n) is 3.65. The summed E-state index contributed by atoms with van der Waals surface area (Å²) < 4.78 is 17.8. The molecule has 0 heterocycles. The fourth-order valence-corrected chi connectivity index (χ4v) is 4.67. The lowest BCUT2D eigenvalue weighted by Crippen LogP contribution is -2.17. The average molecular weight is 385 g/mol. The summed E-state index contributed by atoms with van der Waals surface area (Å²) in [5.74, 6) is 0.183. The molecule has 4 heteroatoms. The number of carbonyl (C=O) groups is 1. The summed E-state index contributed by atoms with van der Waals surface area (Å²) >= 11 is 0. The third-order valence-corrected chi connectivity index (χ3v) is 6.96. The molecule has 2 unspecified atom stereocenters. The molecule has 1 aliphatic carbocycles. The standard InChI is InChI=1S/C23H28O3S/c1-18(20-12-14-22(15-13-20)21-10-6-3-7-11-21)27(25)17-23(24)26-16-19-8-4-2-5-9-19/h2,4-5,8-9,12-15,18,21H,3,6-7,10-11,16-17H2,1H3. The van der Waals surface area contributed by atoms with Gasteiger partial charge in [0.1, 0.15) is 12.4 Å². The summed E-state index contributed by atoms with van der Waals surface area (Å²) in [5, 5.41) is -0.185. The van der Waals surface area contributed by atoms with Crippen LogP contribution in [0.25, 0.3) is 0 Å². The maximum Gasteiger partial charge on any atom is 0.318 e. The molecular weight excluding hydrogens is 356 g/mol. The van der Waals surface area contributed by atoms with Gasteiger partial charge in [-0.3, -0.25) is 9.00 Å². The first-order chi connectivity index (χ1) is 13.1. The highest BCUT2D eigenvalue weighted by molar-refractivity contribution is 7.85. The van der Waals surface area contributed by atoms with Gasteiger partial charge in [-0.2, -0.15) is 0 Å². The number of hydrogen-bond acceptors (Lipinski definition) is 3. The van der Waals surface area contributed by atoms with Gasteiger partial charge >= 0.3 is 5.97 Å². The fraction of sp³-hybridized carbons (Fsp3) is 0.435. The van der Waals surface area contributed by atoms with E-state index in [0.717, 1.165) is 11.1 Å². The lowest BCUT2D eigenvalue weighted by molar-refractivity contribution is -0.141. The van der Waals surface area contributed by atoms with E-state index in [0.29, 0.717) is 5.92 Å². The van der Waals surface area contributed by atoms with E-state index in [4.69, 9.17) is 4.74 Å². The van der Waals surface area contributed by atoms with Gasteiger partial charge in [-0.1, -0.05) is 73.9 Å². The minimum atomic E-state index is -1.29. The third kappa shape index (κ3) is 5.77. The summed E-state index contributed by atoms with van der Waals surface area (Å²) in [6, 6.07) is 18.0. The van der Waals surface area contributed by atoms with Crippen LogP contribution in [0.15, 0.2) is 54.6 Å². The van der Waals surface area contributed by atoms with Gasteiger partial charge in [0.2, 0.25) is 0 Å². The monoisotopic (exact) mass is 384 g/mol. The van der Waals surface area contributed by atoms with Crippen molar-refractivity contribution in [1.82, 2.24) is 0 Å². The first-order valence-electron chi connectivity index (χ1n) is 9.80. The molecule has 0 aromatic heterocycles. The van der Waals surface area contributed by atoms with Crippen molar-refractivity contribution < 1.29 is 13.7 Å². The van der Waals surface area contributed by atoms with Gasteiger partial charge < -0.3 is 4.74 Å². The molecule has 0 saturated heterocycles. The summed E-state index contributed by atoms with van der Waals surface area (Å²) in [6.45, 7) is 2.14. The van der Waals surface area contributed by atoms with Gasteiger partial charge in [0.25, 0.3) is 0 Å². The molecule has 1 aliphatic rings. The SMILES string of the molecule is CC(c1ccc(C2CCCCC2)cc1)S(=O)CC(=O)OCc1ccccc1. The van der Waals surface area contributed by atoms with Gasteiger partial charge in [0.15, 0.2) is 0 Å². The van der Waals surface area contributed by atoms with E-state index in [1.165, 1.54) is 37.7 Å². The number of rotatable bonds is 7. The zero-order chi connectivity index (χ0) is 19.1. The molecule has 1 saturated carbocycles. The lowest BCUT2D eigenvalue weighted by Gasteiger charge is -2.22. The largest absolute Gasteiger partial charge is 0.460 e. The van der Waals surface area contributed by atoms with E-state index in [1.807, 2.05) is 37.3 Å². The van der Waals surface area contributed by atoms with Crippen molar-refractivity contribution in [2.45, 2.75) is 56.8 Å². The zero-order valence-corrected chi connectivity index (χ0v) is 16.8. The van der Waals surface area contributed by atoms with Crippen LogP contribution in [0.4, 0.5) is 0 Å². The Labute approximate surface area is 164 Å². The Morgan fingerprint density at radius 2 is 1.70 bits per heavy atom. The molecule has 2 aromatic rings. The average Bonchev–Trinajstić information content (AvgIpc) is 2.73. The quantitative estimate of drug-likeness (QED) is 0.609. The van der Waals surface area contributed by atoms with E-state index in [9.17, 15) is 9.00 Å². The van der Waals surface area contributed by atoms with Crippen molar-refractivity contribution in [2.75, 3.05) is 5.75 Å². The topological polar surface area (TPSA) is 43.4 Å². The predicted molar refractivity (Wildman–Crippen MR) is 110 cm³/mol. The van der Waals surface area contributed by atoms with Crippen molar-refractivity contribution in [3.8, 4) is 0 Å². The highest BCUT2D eigenvalue weighted by Gasteiger charge is 2.19. The molecule has 0 radical (unpaired) electrons. The van der Waals surface area contributed by atoms with Crippen LogP contribution >= 0.6 is 0 Å². The van der Waals surface area contributed by atoms with Gasteiger partial charge in [0.05, 0.1) is 5.25 Å². The van der Waals surface area contributed by atoms with E-state index in [-0.39, 0.29) is 17.6 Å². The lowest BCUT2D eigenvalue weighted by atomic mass is 9.84. The maximum absolute atomic E-state index is 12.6. The Hall–Kier alpha value is -1.94. The molecule has 144 valence electrons. The van der Waals surface area contributed by atoms with E-state index in [1.54, 1.807) is 0 Å². The summed E-state index contributed by atoms with van der Waals surface area (Å²) in [4.78, 5) is 12.0. The summed E-state index contributed by atoms with van der Waals surface area (Å²) in [6.07, 6.45) is 6.53. The molecule has 3 nitrogen and oxygen atoms in total. The second kappa shape index (κ2) is 9.84. The Balaban J connectivity index is 1.51. The Kier molecular flexibility index (Phi) is 7.22. The van der Waals surface area contributed by atoms with Crippen molar-refractivity contribution in [1.29, 1.82) is 0 Å². The number of ether oxygens (including phenoxy) is 1. The van der Waals surface area contributed by atoms with E-state index in [2.05, 4.69) is 24.3 Å². The predicted octanol–water partition coefficient (Wildman–Crippen LogP) is 5.29. The minimum absolute atomic E-state index is 0.0711. The first kappa shape index (κ1) is 19.8. The molecule has 1 fully saturated rings. The van der Waals surface area contributed by atoms with Crippen LogP contribution in [0.3, 0.4) is 0 Å². The van der Waals surface area contributed by atoms with Gasteiger partial charge in [-0.25, -0.2) is 0 Å². The van der Waals surface area contributed by atoms with Crippen LogP contribution in [0.2, 0.25) is 0 Å². The second-order valence-corrected chi connectivity index (χ2v) is 9.07. The highest BCUT2D eigenvalue weighted by Crippen LogP contribution is 2.33. The van der Waals surface area contributed by atoms with Crippen LogP contribution in [-0.2, 0) is 26.9 Å². The molecule has 2 atom stereocenters. The zero-order valence-electron chi connectivity index (χ0n) is 15.9. The molecule has 0 spiro atoms. The van der Waals surface area contributed by atoms with Crippen LogP contribution < -0.4 is 0 Å². The Morgan fingerprint density at radius 1 is 1.04 bits per heavy atom. The number of hydrogen-bond donors (Lipinski definition) is 0. The van der Waals surface area contributed by atoms with Gasteiger partial charge in [-0.15, -0.1) is 0 Å². The van der Waals surface area contributed by atoms with Crippen LogP contribution in [0, 0.1) is 0 Å². The minimum Gasteiger partial charge on any atom is -0.460 e. The maximum atomic E-state index is 12.6. The van der Waals surface area contributed by atoms with Crippen molar-refractivity contribution >= 4 is 16.8 Å². The highest BCUT2D eigenvalue weighted by atomic mass is 32.2. The molecule has 0 aliphatic heterocycles. The van der Waals surface area contributed by atoms with Crippen LogP contribution in [0.5, 0.6) is 0 Å². The Morgan fingerprint density at radius 3 is 2.37 bits per heavy atom. The molecule has 0 N–H and O–H groups in total. The Bertz CT molecular complexity index is 749. The number of benzene rings is 2. The molecule has 2 aromatic carbocycles. The molecular formula is C23H28O3S. The second-order valence-electron chi connectivity index (χ2n) is 7.32. The van der Waals surface area contributed by atoms with E-state index < -0.39 is 16.8 Å². The van der Waals surface area contributed by atoms with Gasteiger partial charge in [0, 0.05) is 10.8 Å². The smallest absolute Gasteiger partial charge is 0.318 e. The van der Waals surface area contributed by atoms with Crippen molar-refractivity contribution in [2.24, 2.45) is 0 Å². The number of carbonyl (C=O) groups excluding carboxylic acids is 1. The summed E-state index contributed by atoms with van der Waals surface area (Å²) in [5.41, 5.74) is 3.34. The molecule has 0 amide bonds.